The maximum Gasteiger partial charge on any atom is 0.408 e. The molecule has 1 aliphatic rings. The molecule has 0 spiro atoms. The Morgan fingerprint density at radius 1 is 0.743 bits per heavy atom. The van der Waals surface area contributed by atoms with E-state index in [0.29, 0.717) is 11.5 Å². The molecular weight excluding hydrogens is 611 g/mol. The van der Waals surface area contributed by atoms with Crippen molar-refractivity contribution in [2.75, 3.05) is 0 Å². The molecule has 1 heterocycles. The summed E-state index contributed by atoms with van der Waals surface area (Å²) in [6.07, 6.45) is 3.03. The van der Waals surface area contributed by atoms with Gasteiger partial charge in [-0.05, 0) is 33.7 Å². The SMILES string of the molecule is O=C(/C=C/c1cc[c-]cc1)OC1Oc2ccc3ccccc3c2-c2c(ccc3ccccc23)O1.[Re]. The minimum absolute atomic E-state index is 0. The molecule has 1 aliphatic heterocycles. The van der Waals surface area contributed by atoms with Gasteiger partial charge in [0.2, 0.25) is 0 Å². The van der Waals surface area contributed by atoms with Gasteiger partial charge < -0.3 is 14.2 Å². The van der Waals surface area contributed by atoms with Gasteiger partial charge in [-0.15, -0.1) is 5.56 Å². The first-order valence-electron chi connectivity index (χ1n) is 11.0. The molecule has 0 amide bonds. The van der Waals surface area contributed by atoms with Crippen LogP contribution in [0.25, 0.3) is 38.7 Å². The van der Waals surface area contributed by atoms with E-state index in [9.17, 15) is 4.79 Å². The number of rotatable bonds is 3. The van der Waals surface area contributed by atoms with E-state index in [4.69, 9.17) is 14.2 Å². The Morgan fingerprint density at radius 2 is 1.29 bits per heavy atom. The first kappa shape index (κ1) is 22.9. The van der Waals surface area contributed by atoms with Crippen molar-refractivity contribution in [3.05, 3.63) is 115 Å². The predicted molar refractivity (Wildman–Crippen MR) is 132 cm³/mol. The second-order valence-corrected chi connectivity index (χ2v) is 7.95. The van der Waals surface area contributed by atoms with Crippen LogP contribution >= 0.6 is 0 Å². The molecule has 0 unspecified atom stereocenters. The van der Waals surface area contributed by atoms with E-state index >= 15 is 0 Å². The molecular formula is C30H19O4Re-. The Labute approximate surface area is 216 Å². The molecule has 0 aliphatic carbocycles. The summed E-state index contributed by atoms with van der Waals surface area (Å²) in [7, 11) is 0. The summed E-state index contributed by atoms with van der Waals surface area (Å²) in [6.45, 7) is -1.23. The first-order chi connectivity index (χ1) is 16.8. The van der Waals surface area contributed by atoms with Crippen molar-refractivity contribution in [2.24, 2.45) is 0 Å². The molecule has 5 aromatic rings. The van der Waals surface area contributed by atoms with E-state index in [0.717, 1.165) is 38.2 Å². The molecule has 0 aromatic heterocycles. The summed E-state index contributed by atoms with van der Waals surface area (Å²) in [5.74, 6) is 0.618. The summed E-state index contributed by atoms with van der Waals surface area (Å²) in [4.78, 5) is 12.6. The van der Waals surface area contributed by atoms with Crippen molar-refractivity contribution in [3.8, 4) is 22.6 Å². The quantitative estimate of drug-likeness (QED) is 0.126. The molecule has 0 N–H and O–H groups in total. The van der Waals surface area contributed by atoms with Gasteiger partial charge in [-0.2, -0.15) is 30.3 Å². The molecule has 1 radical (unpaired) electrons. The first-order valence-corrected chi connectivity index (χ1v) is 11.0. The Balaban J connectivity index is 0.00000253. The van der Waals surface area contributed by atoms with Gasteiger partial charge in [-0.1, -0.05) is 66.7 Å². The molecule has 5 aromatic carbocycles. The second-order valence-electron chi connectivity index (χ2n) is 7.95. The van der Waals surface area contributed by atoms with Crippen LogP contribution in [0.4, 0.5) is 0 Å². The van der Waals surface area contributed by atoms with E-state index in [-0.39, 0.29) is 20.4 Å². The van der Waals surface area contributed by atoms with Crippen LogP contribution in [0.5, 0.6) is 11.5 Å². The van der Waals surface area contributed by atoms with Crippen molar-refractivity contribution in [1.82, 2.24) is 0 Å². The number of hydrogen-bond acceptors (Lipinski definition) is 4. The van der Waals surface area contributed by atoms with Gasteiger partial charge in [-0.3, -0.25) is 0 Å². The zero-order valence-electron chi connectivity index (χ0n) is 18.5. The number of carbonyl (C=O) groups is 1. The van der Waals surface area contributed by atoms with Gasteiger partial charge in [-0.25, -0.2) is 4.79 Å². The van der Waals surface area contributed by atoms with Crippen molar-refractivity contribution in [2.45, 2.75) is 6.48 Å². The van der Waals surface area contributed by atoms with Crippen LogP contribution in [0.2, 0.25) is 0 Å². The average molecular weight is 630 g/mol. The third kappa shape index (κ3) is 4.45. The van der Waals surface area contributed by atoms with Crippen LogP contribution in [0, 0.1) is 6.07 Å². The molecule has 0 saturated heterocycles. The number of esters is 1. The molecule has 171 valence electrons. The van der Waals surface area contributed by atoms with Crippen LogP contribution in [0.3, 0.4) is 0 Å². The largest absolute Gasteiger partial charge is 0.422 e. The fraction of sp³-hybridized carbons (Fsp3) is 0.0333. The van der Waals surface area contributed by atoms with Crippen LogP contribution in [-0.4, -0.2) is 12.4 Å². The van der Waals surface area contributed by atoms with Crippen LogP contribution in [-0.2, 0) is 30.0 Å². The van der Waals surface area contributed by atoms with Gasteiger partial charge in [0.15, 0.2) is 0 Å². The number of hydrogen-bond donors (Lipinski definition) is 0. The fourth-order valence-corrected chi connectivity index (χ4v) is 4.30. The predicted octanol–water partition coefficient (Wildman–Crippen LogP) is 6.77. The molecule has 0 atom stereocenters. The van der Waals surface area contributed by atoms with E-state index < -0.39 is 12.4 Å². The number of benzene rings is 5. The minimum atomic E-state index is -1.23. The maximum atomic E-state index is 12.6. The fourth-order valence-electron chi connectivity index (χ4n) is 4.30. The topological polar surface area (TPSA) is 44.8 Å². The maximum absolute atomic E-state index is 12.6. The Morgan fingerprint density at radius 3 is 1.86 bits per heavy atom. The second kappa shape index (κ2) is 9.76. The number of carbonyl (C=O) groups excluding carboxylic acids is 1. The van der Waals surface area contributed by atoms with Gasteiger partial charge in [0, 0.05) is 37.6 Å². The monoisotopic (exact) mass is 630 g/mol. The van der Waals surface area contributed by atoms with E-state index in [2.05, 4.69) is 30.3 Å². The molecule has 0 saturated carbocycles. The van der Waals surface area contributed by atoms with E-state index in [1.807, 2.05) is 60.7 Å². The molecule has 0 bridgehead atoms. The number of fused-ring (bicyclic) bond motifs is 7. The van der Waals surface area contributed by atoms with Crippen molar-refractivity contribution in [1.29, 1.82) is 0 Å². The normalized spacial score (nSPS) is 12.7. The van der Waals surface area contributed by atoms with Crippen molar-refractivity contribution >= 4 is 33.6 Å². The standard InChI is InChI=1S/C30H19O4.Re/c31-27(19-14-20-8-2-1-3-9-20)34-30-32-25-17-15-21-10-4-6-12-23(21)28(25)29-24-13-7-5-11-22(24)16-18-26(29)33-30;/h2-19,30H;/q-1;/b19-14+;. The number of ether oxygens (including phenoxy) is 3. The minimum Gasteiger partial charge on any atom is -0.422 e. The molecule has 4 nitrogen and oxygen atoms in total. The van der Waals surface area contributed by atoms with Gasteiger partial charge in [0.25, 0.3) is 0 Å². The Bertz CT molecular complexity index is 1470. The molecule has 5 heteroatoms. The summed E-state index contributed by atoms with van der Waals surface area (Å²) in [6, 6.07) is 34.3. The zero-order chi connectivity index (χ0) is 22.9. The van der Waals surface area contributed by atoms with Crippen LogP contribution in [0.1, 0.15) is 5.56 Å². The van der Waals surface area contributed by atoms with E-state index in [1.165, 1.54) is 6.08 Å². The van der Waals surface area contributed by atoms with Crippen LogP contribution < -0.4 is 9.47 Å². The molecule has 0 fully saturated rings. The third-order valence-electron chi connectivity index (χ3n) is 5.85. The van der Waals surface area contributed by atoms with E-state index in [1.54, 1.807) is 18.2 Å². The van der Waals surface area contributed by atoms with Crippen molar-refractivity contribution in [3.63, 3.8) is 0 Å². The summed E-state index contributed by atoms with van der Waals surface area (Å²) in [5.41, 5.74) is 2.70. The van der Waals surface area contributed by atoms with Gasteiger partial charge in [0.05, 0.1) is 0 Å². The third-order valence-corrected chi connectivity index (χ3v) is 5.85. The molecule has 6 rings (SSSR count). The average Bonchev–Trinajstić information content (AvgIpc) is 3.04. The summed E-state index contributed by atoms with van der Waals surface area (Å²) >= 11 is 0. The van der Waals surface area contributed by atoms with Gasteiger partial charge >= 0.3 is 12.4 Å². The molecule has 35 heavy (non-hydrogen) atoms. The summed E-state index contributed by atoms with van der Waals surface area (Å²) < 4.78 is 17.8. The summed E-state index contributed by atoms with van der Waals surface area (Å²) in [5, 5.41) is 4.24. The van der Waals surface area contributed by atoms with Crippen LogP contribution in [0.15, 0.2) is 103 Å². The Hall–Kier alpha value is -3.91. The van der Waals surface area contributed by atoms with Crippen molar-refractivity contribution < 1.29 is 39.4 Å². The Kier molecular flexibility index (Phi) is 6.37. The van der Waals surface area contributed by atoms with Gasteiger partial charge in [0.1, 0.15) is 11.5 Å². The zero-order valence-corrected chi connectivity index (χ0v) is 21.2. The smallest absolute Gasteiger partial charge is 0.408 e.